The maximum absolute atomic E-state index is 5.50. The minimum absolute atomic E-state index is 0.532. The third-order valence-corrected chi connectivity index (χ3v) is 7.45. The first-order valence-electron chi connectivity index (χ1n) is 14.2. The monoisotopic (exact) mass is 622 g/mol. The van der Waals surface area contributed by atoms with Crippen molar-refractivity contribution < 1.29 is 28.4 Å². The van der Waals surface area contributed by atoms with Gasteiger partial charge in [0.1, 0.15) is 24.3 Å². The zero-order chi connectivity index (χ0) is 32.2. The molecule has 46 heavy (non-hydrogen) atoms. The number of hydrogen-bond acceptors (Lipinski definition) is 10. The Hall–Kier alpha value is -6.04. The van der Waals surface area contributed by atoms with Crippen LogP contribution in [-0.4, -0.2) is 61.8 Å². The summed E-state index contributed by atoms with van der Waals surface area (Å²) >= 11 is 0. The summed E-state index contributed by atoms with van der Waals surface area (Å²) in [5.74, 6) is 4.67. The molecule has 0 bridgehead atoms. The second-order valence-electron chi connectivity index (χ2n) is 10.1. The SMILES string of the molecule is COc1cc(-n2cnc(Nc3ccc4ccc(Nc5cn(-c6cc(OC)c(OC)c(OC)c6)cn5)cc4c3)c2)cc(OC)c1OC. The summed E-state index contributed by atoms with van der Waals surface area (Å²) in [7, 11) is 9.52. The Bertz CT molecular complexity index is 1810. The van der Waals surface area contributed by atoms with Crippen LogP contribution in [0.5, 0.6) is 34.5 Å². The van der Waals surface area contributed by atoms with Crippen LogP contribution in [0.15, 0.2) is 85.7 Å². The lowest BCUT2D eigenvalue weighted by atomic mass is 10.1. The molecule has 0 unspecified atom stereocenters. The van der Waals surface area contributed by atoms with Crippen LogP contribution in [0.3, 0.4) is 0 Å². The highest BCUT2D eigenvalue weighted by Crippen LogP contribution is 2.40. The molecule has 0 saturated carbocycles. The predicted octanol–water partition coefficient (Wildman–Crippen LogP) is 6.75. The van der Waals surface area contributed by atoms with Crippen molar-refractivity contribution in [1.82, 2.24) is 19.1 Å². The minimum atomic E-state index is 0.532. The number of nitrogens with zero attached hydrogens (tertiary/aromatic N) is 4. The first kappa shape index (κ1) is 30.0. The van der Waals surface area contributed by atoms with Crippen molar-refractivity contribution in [3.63, 3.8) is 0 Å². The molecule has 0 radical (unpaired) electrons. The van der Waals surface area contributed by atoms with Crippen molar-refractivity contribution in [3.05, 3.63) is 85.7 Å². The van der Waals surface area contributed by atoms with E-state index in [0.717, 1.165) is 33.5 Å². The summed E-state index contributed by atoms with van der Waals surface area (Å²) in [5, 5.41) is 8.94. The van der Waals surface area contributed by atoms with Gasteiger partial charge < -0.3 is 48.2 Å². The average molecular weight is 623 g/mol. The normalized spacial score (nSPS) is 10.8. The minimum Gasteiger partial charge on any atom is -0.493 e. The van der Waals surface area contributed by atoms with Gasteiger partial charge in [-0.1, -0.05) is 12.1 Å². The number of aromatic nitrogens is 4. The van der Waals surface area contributed by atoms with Gasteiger partial charge in [0.15, 0.2) is 23.0 Å². The van der Waals surface area contributed by atoms with E-state index >= 15 is 0 Å². The number of anilines is 4. The maximum atomic E-state index is 5.50. The zero-order valence-corrected chi connectivity index (χ0v) is 26.3. The van der Waals surface area contributed by atoms with E-state index in [9.17, 15) is 0 Å². The summed E-state index contributed by atoms with van der Waals surface area (Å²) in [6.07, 6.45) is 7.24. The Balaban J connectivity index is 1.20. The standard InChI is InChI=1S/C34H34N6O6/c1-41-27-13-25(14-28(42-2)33(27)45-5)39-17-31(35-19-39)37-23-9-7-21-8-10-24(12-22(21)11-23)38-32-18-40(20-36-32)26-15-29(43-3)34(46-6)30(16-26)44-4/h7-20,37-38H,1-6H3. The Morgan fingerprint density at radius 3 is 1.22 bits per heavy atom. The van der Waals surface area contributed by atoms with Gasteiger partial charge in [-0.25, -0.2) is 9.97 Å². The van der Waals surface area contributed by atoms with E-state index < -0.39 is 0 Å². The lowest BCUT2D eigenvalue weighted by Gasteiger charge is -2.14. The molecule has 2 heterocycles. The molecule has 236 valence electrons. The third-order valence-electron chi connectivity index (χ3n) is 7.45. The van der Waals surface area contributed by atoms with Crippen molar-refractivity contribution in [2.75, 3.05) is 53.3 Å². The van der Waals surface area contributed by atoms with Crippen LogP contribution in [0.4, 0.5) is 23.0 Å². The topological polar surface area (TPSA) is 115 Å². The van der Waals surface area contributed by atoms with Crippen molar-refractivity contribution in [1.29, 1.82) is 0 Å². The van der Waals surface area contributed by atoms with Crippen molar-refractivity contribution in [2.45, 2.75) is 0 Å². The molecule has 2 N–H and O–H groups in total. The third kappa shape index (κ3) is 5.87. The summed E-state index contributed by atoms with van der Waals surface area (Å²) in [4.78, 5) is 9.09. The number of fused-ring (bicyclic) bond motifs is 1. The van der Waals surface area contributed by atoms with Crippen LogP contribution >= 0.6 is 0 Å². The lowest BCUT2D eigenvalue weighted by Crippen LogP contribution is -1.98. The molecule has 0 atom stereocenters. The van der Waals surface area contributed by atoms with Gasteiger partial charge in [0.2, 0.25) is 11.5 Å². The van der Waals surface area contributed by atoms with Crippen LogP contribution in [0, 0.1) is 0 Å². The molecule has 12 heteroatoms. The Morgan fingerprint density at radius 2 is 0.870 bits per heavy atom. The largest absolute Gasteiger partial charge is 0.493 e. The predicted molar refractivity (Wildman–Crippen MR) is 177 cm³/mol. The van der Waals surface area contributed by atoms with Gasteiger partial charge in [0, 0.05) is 35.6 Å². The second kappa shape index (κ2) is 12.9. The van der Waals surface area contributed by atoms with Gasteiger partial charge >= 0.3 is 0 Å². The van der Waals surface area contributed by atoms with E-state index in [2.05, 4.69) is 44.9 Å². The number of methoxy groups -OCH3 is 6. The average Bonchev–Trinajstić information content (AvgIpc) is 3.76. The van der Waals surface area contributed by atoms with Crippen LogP contribution in [0.1, 0.15) is 0 Å². The van der Waals surface area contributed by atoms with Crippen molar-refractivity contribution in [3.8, 4) is 45.9 Å². The fraction of sp³-hybridized carbons (Fsp3) is 0.176. The molecular weight excluding hydrogens is 588 g/mol. The van der Waals surface area contributed by atoms with E-state index in [0.29, 0.717) is 46.1 Å². The first-order valence-corrected chi connectivity index (χ1v) is 14.2. The fourth-order valence-corrected chi connectivity index (χ4v) is 5.19. The first-order chi connectivity index (χ1) is 22.5. The van der Waals surface area contributed by atoms with E-state index in [1.54, 1.807) is 55.3 Å². The van der Waals surface area contributed by atoms with Gasteiger partial charge in [-0.3, -0.25) is 0 Å². The summed E-state index contributed by atoms with van der Waals surface area (Å²) < 4.78 is 36.6. The van der Waals surface area contributed by atoms with E-state index in [1.807, 2.05) is 57.9 Å². The molecule has 4 aromatic carbocycles. The Kier molecular flexibility index (Phi) is 8.42. The van der Waals surface area contributed by atoms with Crippen molar-refractivity contribution >= 4 is 33.8 Å². The number of nitrogens with one attached hydrogen (secondary N) is 2. The van der Waals surface area contributed by atoms with Crippen LogP contribution < -0.4 is 39.1 Å². The van der Waals surface area contributed by atoms with Gasteiger partial charge in [-0.05, 0) is 35.0 Å². The molecule has 0 amide bonds. The highest BCUT2D eigenvalue weighted by Gasteiger charge is 2.16. The molecule has 0 aliphatic rings. The lowest BCUT2D eigenvalue weighted by molar-refractivity contribution is 0.324. The van der Waals surface area contributed by atoms with Gasteiger partial charge in [0.05, 0.1) is 66.4 Å². The molecule has 0 aliphatic carbocycles. The summed E-state index contributed by atoms with van der Waals surface area (Å²) in [6.45, 7) is 0. The number of ether oxygens (including phenoxy) is 6. The molecule has 2 aromatic heterocycles. The van der Waals surface area contributed by atoms with Crippen LogP contribution in [-0.2, 0) is 0 Å². The van der Waals surface area contributed by atoms with Gasteiger partial charge in [-0.2, -0.15) is 0 Å². The molecule has 12 nitrogen and oxygen atoms in total. The number of imidazole rings is 2. The Morgan fingerprint density at radius 1 is 0.478 bits per heavy atom. The number of hydrogen-bond donors (Lipinski definition) is 2. The van der Waals surface area contributed by atoms with E-state index in [-0.39, 0.29) is 0 Å². The van der Waals surface area contributed by atoms with Gasteiger partial charge in [0.25, 0.3) is 0 Å². The molecule has 0 spiro atoms. The number of benzene rings is 4. The summed E-state index contributed by atoms with van der Waals surface area (Å²) in [6, 6.07) is 19.8. The molecule has 0 saturated heterocycles. The molecule has 6 aromatic rings. The zero-order valence-electron chi connectivity index (χ0n) is 26.3. The number of rotatable bonds is 12. The Labute approximate surface area is 266 Å². The summed E-state index contributed by atoms with van der Waals surface area (Å²) in [5.41, 5.74) is 3.42. The van der Waals surface area contributed by atoms with Crippen molar-refractivity contribution in [2.24, 2.45) is 0 Å². The highest BCUT2D eigenvalue weighted by molar-refractivity contribution is 5.89. The molecule has 6 rings (SSSR count). The molecule has 0 aliphatic heterocycles. The van der Waals surface area contributed by atoms with Gasteiger partial charge in [-0.15, -0.1) is 0 Å². The van der Waals surface area contributed by atoms with E-state index in [1.165, 1.54) is 0 Å². The molecule has 0 fully saturated rings. The fourth-order valence-electron chi connectivity index (χ4n) is 5.19. The van der Waals surface area contributed by atoms with Crippen LogP contribution in [0.2, 0.25) is 0 Å². The van der Waals surface area contributed by atoms with Crippen LogP contribution in [0.25, 0.3) is 22.1 Å². The second-order valence-corrected chi connectivity index (χ2v) is 10.1. The maximum Gasteiger partial charge on any atom is 0.203 e. The quantitative estimate of drug-likeness (QED) is 0.152. The molecular formula is C34H34N6O6. The van der Waals surface area contributed by atoms with E-state index in [4.69, 9.17) is 28.4 Å². The highest BCUT2D eigenvalue weighted by atomic mass is 16.5. The smallest absolute Gasteiger partial charge is 0.203 e.